The monoisotopic (exact) mass is 300 g/mol. The first-order valence-corrected chi connectivity index (χ1v) is 5.62. The van der Waals surface area contributed by atoms with Gasteiger partial charge in [-0.05, 0) is 0 Å². The second kappa shape index (κ2) is 7.46. The summed E-state index contributed by atoms with van der Waals surface area (Å²) in [6, 6.07) is 1.10. The van der Waals surface area contributed by atoms with Gasteiger partial charge in [-0.2, -0.15) is 18.2 Å². The Morgan fingerprint density at radius 2 is 1.84 bits per heavy atom. The van der Waals surface area contributed by atoms with Gasteiger partial charge in [-0.1, -0.05) is 11.6 Å². The number of hydrogen-bond donors (Lipinski definition) is 0. The fourth-order valence-electron chi connectivity index (χ4n) is 1.05. The molecule has 0 aliphatic rings. The summed E-state index contributed by atoms with van der Waals surface area (Å²) in [4.78, 5) is 6.29. The maximum atomic E-state index is 12.4. The summed E-state index contributed by atoms with van der Waals surface area (Å²) in [6.45, 7) is 1.05. The van der Waals surface area contributed by atoms with Gasteiger partial charge in [0.25, 0.3) is 0 Å². The van der Waals surface area contributed by atoms with E-state index in [0.29, 0.717) is 13.2 Å². The average molecular weight is 301 g/mol. The lowest BCUT2D eigenvalue weighted by Crippen LogP contribution is -2.14. The molecule has 0 amide bonds. The molecule has 5 nitrogen and oxygen atoms in total. The zero-order valence-electron chi connectivity index (χ0n) is 10.0. The molecule has 0 radical (unpaired) electrons. The molecule has 0 atom stereocenters. The number of hydrogen-bond acceptors (Lipinski definition) is 5. The number of alkyl halides is 3. The van der Waals surface area contributed by atoms with E-state index in [0.717, 1.165) is 6.07 Å². The largest absolute Gasteiger partial charge is 0.475 e. The van der Waals surface area contributed by atoms with E-state index in [-0.39, 0.29) is 24.2 Å². The van der Waals surface area contributed by atoms with E-state index in [1.54, 1.807) is 0 Å². The summed E-state index contributed by atoms with van der Waals surface area (Å²) in [5, 5.41) is -0.336. The molecule has 108 valence electrons. The van der Waals surface area contributed by atoms with Crippen LogP contribution >= 0.6 is 11.6 Å². The molecule has 19 heavy (non-hydrogen) atoms. The van der Waals surface area contributed by atoms with Crippen LogP contribution in [0.25, 0.3) is 0 Å². The molecule has 1 aromatic heterocycles. The van der Waals surface area contributed by atoms with Crippen molar-refractivity contribution in [2.75, 3.05) is 33.5 Å². The summed E-state index contributed by atoms with van der Waals surface area (Å²) in [5.74, 6) is -1.59. The van der Waals surface area contributed by atoms with Crippen molar-refractivity contribution in [3.05, 3.63) is 17.0 Å². The van der Waals surface area contributed by atoms with E-state index in [2.05, 4.69) is 9.97 Å². The fraction of sp³-hybridized carbons (Fsp3) is 0.600. The summed E-state index contributed by atoms with van der Waals surface area (Å²) in [5.41, 5.74) is 0. The maximum absolute atomic E-state index is 12.4. The van der Waals surface area contributed by atoms with Crippen LogP contribution in [0, 0.1) is 0 Å². The van der Waals surface area contributed by atoms with Crippen LogP contribution < -0.4 is 4.74 Å². The molecule has 9 heteroatoms. The summed E-state index contributed by atoms with van der Waals surface area (Å²) >= 11 is 5.46. The van der Waals surface area contributed by atoms with Gasteiger partial charge in [0, 0.05) is 13.2 Å². The molecule has 0 saturated heterocycles. The number of rotatable bonds is 7. The average Bonchev–Trinajstić information content (AvgIpc) is 2.32. The van der Waals surface area contributed by atoms with Crippen molar-refractivity contribution < 1.29 is 27.4 Å². The summed E-state index contributed by atoms with van der Waals surface area (Å²) in [6.07, 6.45) is -4.67. The minimum absolute atomic E-state index is 0.0500. The standard InChI is InChI=1S/C10H12ClF3N2O3/c1-17-2-3-18-4-5-19-8-6-7(11)15-9(16-8)10(12,13)14/h6H,2-5H2,1H3. The SMILES string of the molecule is COCCOCCOc1cc(Cl)nc(C(F)(F)F)n1. The van der Waals surface area contributed by atoms with Gasteiger partial charge >= 0.3 is 6.18 Å². The topological polar surface area (TPSA) is 53.5 Å². The van der Waals surface area contributed by atoms with Gasteiger partial charge in [-0.3, -0.25) is 0 Å². The molecule has 1 rings (SSSR count). The number of methoxy groups -OCH3 is 1. The van der Waals surface area contributed by atoms with Gasteiger partial charge in [-0.15, -0.1) is 0 Å². The first-order valence-electron chi connectivity index (χ1n) is 5.24. The minimum atomic E-state index is -4.67. The Hall–Kier alpha value is -1.12. The summed E-state index contributed by atoms with van der Waals surface area (Å²) in [7, 11) is 1.53. The van der Waals surface area contributed by atoms with E-state index in [4.69, 9.17) is 25.8 Å². The Morgan fingerprint density at radius 1 is 1.16 bits per heavy atom. The third-order valence-corrected chi connectivity index (χ3v) is 2.03. The molecule has 0 fully saturated rings. The van der Waals surface area contributed by atoms with Crippen molar-refractivity contribution in [2.24, 2.45) is 0 Å². The molecule has 0 unspecified atom stereocenters. The highest BCUT2D eigenvalue weighted by Gasteiger charge is 2.35. The third kappa shape index (κ3) is 6.04. The van der Waals surface area contributed by atoms with Gasteiger partial charge in [0.15, 0.2) is 0 Å². The van der Waals surface area contributed by atoms with Crippen molar-refractivity contribution in [1.29, 1.82) is 0 Å². The first kappa shape index (κ1) is 15.9. The molecular formula is C10H12ClF3N2O3. The number of aromatic nitrogens is 2. The predicted octanol–water partition coefficient (Wildman–Crippen LogP) is 2.19. The molecule has 0 spiro atoms. The zero-order valence-corrected chi connectivity index (χ0v) is 10.8. The number of halogens is 4. The maximum Gasteiger partial charge on any atom is 0.451 e. The lowest BCUT2D eigenvalue weighted by Gasteiger charge is -2.09. The van der Waals surface area contributed by atoms with Crippen molar-refractivity contribution in [3.63, 3.8) is 0 Å². The van der Waals surface area contributed by atoms with Crippen LogP contribution in [0.1, 0.15) is 5.82 Å². The first-order chi connectivity index (χ1) is 8.93. The van der Waals surface area contributed by atoms with Crippen molar-refractivity contribution in [1.82, 2.24) is 9.97 Å². The van der Waals surface area contributed by atoms with E-state index >= 15 is 0 Å². The Labute approximate surface area is 112 Å². The molecule has 1 heterocycles. The van der Waals surface area contributed by atoms with E-state index in [1.165, 1.54) is 7.11 Å². The lowest BCUT2D eigenvalue weighted by atomic mass is 10.5. The molecule has 0 saturated carbocycles. The second-order valence-electron chi connectivity index (χ2n) is 3.30. The van der Waals surface area contributed by atoms with Crippen molar-refractivity contribution >= 4 is 11.6 Å². The summed E-state index contributed by atoms with van der Waals surface area (Å²) < 4.78 is 52.0. The van der Waals surface area contributed by atoms with Crippen LogP contribution in [0.5, 0.6) is 5.88 Å². The zero-order chi connectivity index (χ0) is 14.3. The van der Waals surface area contributed by atoms with Crippen LogP contribution in [-0.2, 0) is 15.7 Å². The van der Waals surface area contributed by atoms with Crippen LogP contribution in [-0.4, -0.2) is 43.5 Å². The van der Waals surface area contributed by atoms with Crippen LogP contribution in [0.4, 0.5) is 13.2 Å². The highest BCUT2D eigenvalue weighted by atomic mass is 35.5. The smallest absolute Gasteiger partial charge is 0.451 e. The Kier molecular flexibility index (Phi) is 6.26. The van der Waals surface area contributed by atoms with Crippen LogP contribution in [0.15, 0.2) is 6.07 Å². The van der Waals surface area contributed by atoms with Gasteiger partial charge in [0.2, 0.25) is 11.7 Å². The highest BCUT2D eigenvalue weighted by molar-refractivity contribution is 6.29. The Bertz CT molecular complexity index is 404. The fourth-order valence-corrected chi connectivity index (χ4v) is 1.22. The van der Waals surface area contributed by atoms with E-state index < -0.39 is 12.0 Å². The Balaban J connectivity index is 2.48. The Morgan fingerprint density at radius 3 is 2.47 bits per heavy atom. The number of nitrogens with zero attached hydrogens (tertiary/aromatic N) is 2. The quantitative estimate of drug-likeness (QED) is 0.571. The molecule has 1 aromatic rings. The van der Waals surface area contributed by atoms with E-state index in [9.17, 15) is 13.2 Å². The van der Waals surface area contributed by atoms with Gasteiger partial charge < -0.3 is 14.2 Å². The van der Waals surface area contributed by atoms with Crippen molar-refractivity contribution in [2.45, 2.75) is 6.18 Å². The molecular weight excluding hydrogens is 289 g/mol. The molecule has 0 aliphatic carbocycles. The molecule has 0 bridgehead atoms. The minimum Gasteiger partial charge on any atom is -0.475 e. The van der Waals surface area contributed by atoms with Gasteiger partial charge in [0.05, 0.1) is 19.8 Å². The van der Waals surface area contributed by atoms with E-state index in [1.807, 2.05) is 0 Å². The van der Waals surface area contributed by atoms with Crippen LogP contribution in [0.2, 0.25) is 5.15 Å². The van der Waals surface area contributed by atoms with Crippen molar-refractivity contribution in [3.8, 4) is 5.88 Å². The molecule has 0 N–H and O–H groups in total. The van der Waals surface area contributed by atoms with Gasteiger partial charge in [-0.25, -0.2) is 4.98 Å². The molecule has 0 aliphatic heterocycles. The molecule has 0 aromatic carbocycles. The normalized spacial score (nSPS) is 11.6. The predicted molar refractivity (Wildman–Crippen MR) is 60.2 cm³/mol. The number of ether oxygens (including phenoxy) is 3. The third-order valence-electron chi connectivity index (χ3n) is 1.83. The van der Waals surface area contributed by atoms with Gasteiger partial charge in [0.1, 0.15) is 11.8 Å². The second-order valence-corrected chi connectivity index (χ2v) is 3.69. The van der Waals surface area contributed by atoms with Crippen LogP contribution in [0.3, 0.4) is 0 Å². The highest BCUT2D eigenvalue weighted by Crippen LogP contribution is 2.28. The lowest BCUT2D eigenvalue weighted by molar-refractivity contribution is -0.145.